The van der Waals surface area contributed by atoms with Gasteiger partial charge in [0.25, 0.3) is 0 Å². The Morgan fingerprint density at radius 1 is 1.19 bits per heavy atom. The van der Waals surface area contributed by atoms with Crippen LogP contribution in [0.25, 0.3) is 0 Å². The highest BCUT2D eigenvalue weighted by molar-refractivity contribution is 7.14. The van der Waals surface area contributed by atoms with Crippen molar-refractivity contribution in [3.63, 3.8) is 0 Å². The number of thiophene rings is 1. The van der Waals surface area contributed by atoms with Gasteiger partial charge in [0.2, 0.25) is 5.91 Å². The Morgan fingerprint density at radius 2 is 1.85 bits per heavy atom. The standard InChI is InChI=1S/C21H32N2O3S/c1-13-5-7-14(8-6-13)19(24)23(15-9-10-22-12-15)16-11-17(21(2,3)4)27-18(16)20(25)26/h11,13-15,22H,5-10,12H2,1-4H3,(H,25,26)/t13-,14-,15-/m0/s1. The number of nitrogens with one attached hydrogen (secondary N) is 1. The number of carbonyl (C=O) groups excluding carboxylic acids is 1. The maximum absolute atomic E-state index is 13.5. The normalized spacial score (nSPS) is 26.1. The van der Waals surface area contributed by atoms with E-state index in [1.54, 1.807) is 0 Å². The van der Waals surface area contributed by atoms with Gasteiger partial charge in [-0.2, -0.15) is 0 Å². The molecule has 1 aromatic rings. The Kier molecular flexibility index (Phi) is 5.96. The second-order valence-corrected chi connectivity index (χ2v) is 10.2. The first kappa shape index (κ1) is 20.3. The molecular weight excluding hydrogens is 360 g/mol. The highest BCUT2D eigenvalue weighted by atomic mass is 32.1. The van der Waals surface area contributed by atoms with Crippen LogP contribution in [0.3, 0.4) is 0 Å². The highest BCUT2D eigenvalue weighted by Gasteiger charge is 2.37. The van der Waals surface area contributed by atoms with Crippen molar-refractivity contribution in [1.82, 2.24) is 5.32 Å². The third-order valence-electron chi connectivity index (χ3n) is 5.91. The zero-order chi connectivity index (χ0) is 19.8. The smallest absolute Gasteiger partial charge is 0.348 e. The summed E-state index contributed by atoms with van der Waals surface area (Å²) in [5.74, 6) is -0.122. The summed E-state index contributed by atoms with van der Waals surface area (Å²) in [7, 11) is 0. The van der Waals surface area contributed by atoms with Crippen molar-refractivity contribution in [2.45, 2.75) is 71.3 Å². The molecule has 0 bridgehead atoms. The van der Waals surface area contributed by atoms with Crippen molar-refractivity contribution >= 4 is 28.9 Å². The van der Waals surface area contributed by atoms with Crippen molar-refractivity contribution in [2.75, 3.05) is 18.0 Å². The maximum atomic E-state index is 13.5. The van der Waals surface area contributed by atoms with E-state index >= 15 is 0 Å². The number of carboxylic acid groups (broad SMARTS) is 1. The van der Waals surface area contributed by atoms with Crippen molar-refractivity contribution in [3.8, 4) is 0 Å². The monoisotopic (exact) mass is 392 g/mol. The summed E-state index contributed by atoms with van der Waals surface area (Å²) < 4.78 is 0. The molecular formula is C21H32N2O3S. The summed E-state index contributed by atoms with van der Waals surface area (Å²) in [6.07, 6.45) is 4.85. The fourth-order valence-electron chi connectivity index (χ4n) is 4.14. The quantitative estimate of drug-likeness (QED) is 0.803. The van der Waals surface area contributed by atoms with Crippen molar-refractivity contribution < 1.29 is 14.7 Å². The number of anilines is 1. The second-order valence-electron chi connectivity index (χ2n) is 9.19. The predicted octanol–water partition coefficient (Wildman–Crippen LogP) is 4.27. The van der Waals surface area contributed by atoms with Crippen LogP contribution in [0.5, 0.6) is 0 Å². The largest absolute Gasteiger partial charge is 0.477 e. The van der Waals surface area contributed by atoms with Gasteiger partial charge in [0.1, 0.15) is 4.88 Å². The van der Waals surface area contributed by atoms with Gasteiger partial charge in [0.05, 0.1) is 11.7 Å². The van der Waals surface area contributed by atoms with Gasteiger partial charge in [0, 0.05) is 17.3 Å². The summed E-state index contributed by atoms with van der Waals surface area (Å²) >= 11 is 1.31. The fourth-order valence-corrected chi connectivity index (χ4v) is 5.19. The second kappa shape index (κ2) is 7.92. The Hall–Kier alpha value is -1.40. The highest BCUT2D eigenvalue weighted by Crippen LogP contribution is 2.40. The van der Waals surface area contributed by atoms with Gasteiger partial charge in [-0.05, 0) is 56.0 Å². The lowest BCUT2D eigenvalue weighted by Gasteiger charge is -2.34. The van der Waals surface area contributed by atoms with Crippen molar-refractivity contribution in [3.05, 3.63) is 15.8 Å². The van der Waals surface area contributed by atoms with Gasteiger partial charge in [-0.15, -0.1) is 11.3 Å². The van der Waals surface area contributed by atoms with E-state index in [2.05, 4.69) is 33.0 Å². The molecule has 2 aliphatic rings. The molecule has 0 unspecified atom stereocenters. The zero-order valence-corrected chi connectivity index (χ0v) is 17.7. The lowest BCUT2D eigenvalue weighted by molar-refractivity contribution is -0.124. The van der Waals surface area contributed by atoms with Crippen LogP contribution in [0.2, 0.25) is 0 Å². The van der Waals surface area contributed by atoms with E-state index < -0.39 is 5.97 Å². The molecule has 1 aliphatic heterocycles. The number of rotatable bonds is 4. The summed E-state index contributed by atoms with van der Waals surface area (Å²) in [6, 6.07) is 1.99. The number of carboxylic acids is 1. The Bertz CT molecular complexity index is 693. The number of hydrogen-bond acceptors (Lipinski definition) is 4. The molecule has 27 heavy (non-hydrogen) atoms. The SMILES string of the molecule is CC(C)(C)c1cc(N(C(=O)[C@H]2CC[C@H](C)CC2)[C@H]2CCNC2)c(C(=O)O)s1. The van der Waals surface area contributed by atoms with E-state index in [-0.39, 0.29) is 23.3 Å². The molecule has 2 heterocycles. The van der Waals surface area contributed by atoms with Crippen LogP contribution in [0.1, 0.15) is 74.3 Å². The first-order chi connectivity index (χ1) is 12.7. The molecule has 1 saturated heterocycles. The average molecular weight is 393 g/mol. The summed E-state index contributed by atoms with van der Waals surface area (Å²) in [6.45, 7) is 10.1. The van der Waals surface area contributed by atoms with Gasteiger partial charge < -0.3 is 15.3 Å². The number of amides is 1. The van der Waals surface area contributed by atoms with Gasteiger partial charge in [-0.25, -0.2) is 4.79 Å². The predicted molar refractivity (Wildman–Crippen MR) is 110 cm³/mol. The van der Waals surface area contributed by atoms with Gasteiger partial charge in [-0.3, -0.25) is 4.79 Å². The third-order valence-corrected chi connectivity index (χ3v) is 7.45. The van der Waals surface area contributed by atoms with Crippen LogP contribution in [0, 0.1) is 11.8 Å². The minimum atomic E-state index is -0.938. The molecule has 1 amide bonds. The Morgan fingerprint density at radius 3 is 2.37 bits per heavy atom. The fraction of sp³-hybridized carbons (Fsp3) is 0.714. The van der Waals surface area contributed by atoms with Gasteiger partial charge in [-0.1, -0.05) is 27.7 Å². The molecule has 3 rings (SSSR count). The summed E-state index contributed by atoms with van der Waals surface area (Å²) in [4.78, 5) is 28.7. The van der Waals surface area contributed by atoms with Gasteiger partial charge in [0.15, 0.2) is 0 Å². The van der Waals surface area contributed by atoms with Crippen molar-refractivity contribution in [2.24, 2.45) is 11.8 Å². The summed E-state index contributed by atoms with van der Waals surface area (Å²) in [5, 5.41) is 13.2. The zero-order valence-electron chi connectivity index (χ0n) is 16.9. The Balaban J connectivity index is 1.99. The van der Waals surface area contributed by atoms with Crippen LogP contribution in [-0.4, -0.2) is 36.1 Å². The third kappa shape index (κ3) is 4.37. The molecule has 0 radical (unpaired) electrons. The van der Waals surface area contributed by atoms with Crippen molar-refractivity contribution in [1.29, 1.82) is 0 Å². The van der Waals surface area contributed by atoms with Crippen LogP contribution in [0.4, 0.5) is 5.69 Å². The molecule has 1 saturated carbocycles. The summed E-state index contributed by atoms with van der Waals surface area (Å²) in [5.41, 5.74) is 0.463. The van der Waals surface area contributed by atoms with Crippen LogP contribution >= 0.6 is 11.3 Å². The van der Waals surface area contributed by atoms with Crippen LogP contribution in [-0.2, 0) is 10.2 Å². The molecule has 150 valence electrons. The van der Waals surface area contributed by atoms with Crippen LogP contribution in [0.15, 0.2) is 6.07 Å². The number of nitrogens with zero attached hydrogens (tertiary/aromatic N) is 1. The molecule has 6 heteroatoms. The molecule has 0 aromatic carbocycles. The first-order valence-corrected chi connectivity index (χ1v) is 10.9. The number of aromatic carboxylic acids is 1. The lowest BCUT2D eigenvalue weighted by atomic mass is 9.82. The van der Waals surface area contributed by atoms with E-state index in [4.69, 9.17) is 0 Å². The molecule has 1 aliphatic carbocycles. The molecule has 0 spiro atoms. The minimum Gasteiger partial charge on any atom is -0.477 e. The average Bonchev–Trinajstić information content (AvgIpc) is 3.25. The topological polar surface area (TPSA) is 69.6 Å². The molecule has 2 N–H and O–H groups in total. The van der Waals surface area contributed by atoms with E-state index in [0.29, 0.717) is 16.5 Å². The lowest BCUT2D eigenvalue weighted by Crippen LogP contribution is -2.46. The Labute approximate surface area is 166 Å². The number of hydrogen-bond donors (Lipinski definition) is 2. The molecule has 1 aromatic heterocycles. The number of carbonyl (C=O) groups is 2. The molecule has 2 fully saturated rings. The van der Waals surface area contributed by atoms with E-state index in [9.17, 15) is 14.7 Å². The van der Waals surface area contributed by atoms with E-state index in [1.807, 2.05) is 11.0 Å². The molecule has 5 nitrogen and oxygen atoms in total. The van der Waals surface area contributed by atoms with Gasteiger partial charge >= 0.3 is 5.97 Å². The first-order valence-electron chi connectivity index (χ1n) is 10.1. The maximum Gasteiger partial charge on any atom is 0.348 e. The minimum absolute atomic E-state index is 0.0152. The molecule has 1 atom stereocenters. The van der Waals surface area contributed by atoms with E-state index in [0.717, 1.165) is 50.1 Å². The van der Waals surface area contributed by atoms with Crippen LogP contribution < -0.4 is 10.2 Å². The van der Waals surface area contributed by atoms with E-state index in [1.165, 1.54) is 11.3 Å².